The van der Waals surface area contributed by atoms with Gasteiger partial charge >= 0.3 is 0 Å². The second-order valence-electron chi connectivity index (χ2n) is 6.53. The number of benzene rings is 2. The van der Waals surface area contributed by atoms with Gasteiger partial charge in [0.25, 0.3) is 23.2 Å². The maximum absolute atomic E-state index is 12.0. The van der Waals surface area contributed by atoms with Crippen molar-refractivity contribution in [2.24, 2.45) is 0 Å². The lowest BCUT2D eigenvalue weighted by molar-refractivity contribution is -0.385. The summed E-state index contributed by atoms with van der Waals surface area (Å²) in [6.45, 7) is 0.982. The minimum Gasteiger partial charge on any atom is -0.352 e. The number of unbranched alkanes of at least 4 members (excludes halogenated alkanes) is 3. The van der Waals surface area contributed by atoms with Crippen LogP contribution in [-0.2, 0) is 0 Å². The van der Waals surface area contributed by atoms with Crippen LogP contribution in [-0.4, -0.2) is 34.8 Å². The Labute approximate surface area is 172 Å². The number of nitro benzene ring substituents is 2. The number of non-ortho nitro benzene ring substituents is 2. The molecule has 158 valence electrons. The summed E-state index contributed by atoms with van der Waals surface area (Å²) in [6, 6.07) is 10.8. The molecule has 0 heterocycles. The molecule has 0 aliphatic carbocycles. The van der Waals surface area contributed by atoms with Gasteiger partial charge in [-0.05, 0) is 37.1 Å². The van der Waals surface area contributed by atoms with Crippen molar-refractivity contribution in [2.45, 2.75) is 25.7 Å². The zero-order valence-electron chi connectivity index (χ0n) is 16.2. The quantitative estimate of drug-likeness (QED) is 0.328. The minimum atomic E-state index is -0.518. The molecule has 2 aromatic rings. The highest BCUT2D eigenvalue weighted by Crippen LogP contribution is 2.12. The van der Waals surface area contributed by atoms with E-state index < -0.39 is 9.85 Å². The average molecular weight is 414 g/mol. The normalized spacial score (nSPS) is 10.3. The number of carbonyl (C=O) groups is 2. The lowest BCUT2D eigenvalue weighted by Crippen LogP contribution is -2.25. The van der Waals surface area contributed by atoms with Gasteiger partial charge < -0.3 is 10.6 Å². The largest absolute Gasteiger partial charge is 0.352 e. The summed E-state index contributed by atoms with van der Waals surface area (Å²) < 4.78 is 0. The number of rotatable bonds is 11. The molecule has 0 aromatic heterocycles. The number of nitrogens with zero attached hydrogens (tertiary/aromatic N) is 2. The summed E-state index contributed by atoms with van der Waals surface area (Å²) in [7, 11) is 0. The fourth-order valence-corrected chi connectivity index (χ4v) is 2.68. The first-order valence-corrected chi connectivity index (χ1v) is 9.44. The molecule has 0 saturated carbocycles. The Bertz CT molecular complexity index is 821. The number of amides is 2. The highest BCUT2D eigenvalue weighted by Gasteiger charge is 2.10. The zero-order valence-corrected chi connectivity index (χ0v) is 16.2. The summed E-state index contributed by atoms with van der Waals surface area (Å²) in [6.07, 6.45) is 3.28. The van der Waals surface area contributed by atoms with E-state index in [-0.39, 0.29) is 23.2 Å². The molecule has 30 heavy (non-hydrogen) atoms. The Morgan fingerprint density at radius 2 is 0.967 bits per heavy atom. The second kappa shape index (κ2) is 11.2. The molecule has 0 radical (unpaired) electrons. The van der Waals surface area contributed by atoms with E-state index in [1.165, 1.54) is 48.5 Å². The molecule has 0 spiro atoms. The zero-order chi connectivity index (χ0) is 21.9. The van der Waals surface area contributed by atoms with Gasteiger partial charge in [0.05, 0.1) is 9.85 Å². The molecule has 2 amide bonds. The second-order valence-corrected chi connectivity index (χ2v) is 6.53. The Morgan fingerprint density at radius 1 is 0.633 bits per heavy atom. The van der Waals surface area contributed by atoms with E-state index in [1.54, 1.807) is 0 Å². The van der Waals surface area contributed by atoms with E-state index in [9.17, 15) is 29.8 Å². The van der Waals surface area contributed by atoms with Crippen molar-refractivity contribution >= 4 is 23.2 Å². The Morgan fingerprint density at radius 3 is 1.27 bits per heavy atom. The highest BCUT2D eigenvalue weighted by atomic mass is 16.6. The molecule has 0 unspecified atom stereocenters. The van der Waals surface area contributed by atoms with Gasteiger partial charge in [-0.15, -0.1) is 0 Å². The van der Waals surface area contributed by atoms with Crippen LogP contribution >= 0.6 is 0 Å². The fraction of sp³-hybridized carbons (Fsp3) is 0.300. The van der Waals surface area contributed by atoms with Crippen LogP contribution < -0.4 is 10.6 Å². The van der Waals surface area contributed by atoms with Crippen LogP contribution in [0, 0.1) is 20.2 Å². The fourth-order valence-electron chi connectivity index (χ4n) is 2.68. The van der Waals surface area contributed by atoms with Crippen LogP contribution in [0.3, 0.4) is 0 Å². The van der Waals surface area contributed by atoms with Crippen molar-refractivity contribution in [2.75, 3.05) is 13.1 Å². The minimum absolute atomic E-state index is 0.0628. The Hall–Kier alpha value is -3.82. The van der Waals surface area contributed by atoms with E-state index in [0.717, 1.165) is 25.7 Å². The number of carbonyl (C=O) groups excluding carboxylic acids is 2. The summed E-state index contributed by atoms with van der Waals surface area (Å²) in [4.78, 5) is 44.1. The molecular formula is C20H22N4O6. The molecule has 2 rings (SSSR count). The Kier molecular flexibility index (Phi) is 8.42. The summed E-state index contributed by atoms with van der Waals surface area (Å²) >= 11 is 0. The van der Waals surface area contributed by atoms with E-state index in [2.05, 4.69) is 10.6 Å². The van der Waals surface area contributed by atoms with Crippen molar-refractivity contribution in [1.82, 2.24) is 10.6 Å². The van der Waals surface area contributed by atoms with Gasteiger partial charge in [-0.3, -0.25) is 29.8 Å². The van der Waals surface area contributed by atoms with E-state index in [4.69, 9.17) is 0 Å². The average Bonchev–Trinajstić information content (AvgIpc) is 2.75. The molecule has 0 fully saturated rings. The molecule has 0 saturated heterocycles. The third-order valence-electron chi connectivity index (χ3n) is 4.36. The topological polar surface area (TPSA) is 144 Å². The first kappa shape index (κ1) is 22.5. The van der Waals surface area contributed by atoms with E-state index in [0.29, 0.717) is 24.2 Å². The van der Waals surface area contributed by atoms with Crippen molar-refractivity contribution < 1.29 is 19.4 Å². The lowest BCUT2D eigenvalue weighted by atomic mass is 10.1. The van der Waals surface area contributed by atoms with Crippen LogP contribution in [0.25, 0.3) is 0 Å². The highest BCUT2D eigenvalue weighted by molar-refractivity contribution is 5.94. The molecule has 2 aromatic carbocycles. The number of nitrogens with one attached hydrogen (secondary N) is 2. The summed E-state index contributed by atoms with van der Waals surface area (Å²) in [5, 5.41) is 26.7. The van der Waals surface area contributed by atoms with Crippen LogP contribution in [0.4, 0.5) is 11.4 Å². The molecule has 10 heteroatoms. The molecule has 2 N–H and O–H groups in total. The molecule has 0 atom stereocenters. The van der Waals surface area contributed by atoms with Crippen molar-refractivity contribution in [3.63, 3.8) is 0 Å². The molecule has 0 bridgehead atoms. The SMILES string of the molecule is O=C(NCCCCCCNC(=O)c1ccc([N+](=O)[O-])cc1)c1ccc([N+](=O)[O-])cc1. The van der Waals surface area contributed by atoms with Crippen LogP contribution in [0.15, 0.2) is 48.5 Å². The third kappa shape index (κ3) is 6.97. The number of hydrogen-bond acceptors (Lipinski definition) is 6. The standard InChI is InChI=1S/C20H22N4O6/c25-19(15-5-9-17(10-6-15)23(27)28)21-13-3-1-2-4-14-22-20(26)16-7-11-18(12-8-16)24(29)30/h5-12H,1-4,13-14H2,(H,21,25)(H,22,26). The van der Waals surface area contributed by atoms with Crippen molar-refractivity contribution in [3.8, 4) is 0 Å². The Balaban J connectivity index is 1.56. The first-order chi connectivity index (χ1) is 14.4. The van der Waals surface area contributed by atoms with Crippen LogP contribution in [0.1, 0.15) is 46.4 Å². The number of nitro groups is 2. The van der Waals surface area contributed by atoms with Gasteiger partial charge in [0.15, 0.2) is 0 Å². The number of hydrogen-bond donors (Lipinski definition) is 2. The van der Waals surface area contributed by atoms with Crippen LogP contribution in [0.5, 0.6) is 0 Å². The third-order valence-corrected chi connectivity index (χ3v) is 4.36. The molecular weight excluding hydrogens is 392 g/mol. The van der Waals surface area contributed by atoms with Gasteiger partial charge in [0, 0.05) is 48.5 Å². The molecule has 10 nitrogen and oxygen atoms in total. The van der Waals surface area contributed by atoms with Gasteiger partial charge in [0.2, 0.25) is 0 Å². The first-order valence-electron chi connectivity index (χ1n) is 9.44. The predicted octanol–water partition coefficient (Wildman–Crippen LogP) is 3.22. The van der Waals surface area contributed by atoms with Crippen LogP contribution in [0.2, 0.25) is 0 Å². The lowest BCUT2D eigenvalue weighted by Gasteiger charge is -2.07. The van der Waals surface area contributed by atoms with Gasteiger partial charge in [0.1, 0.15) is 0 Å². The maximum Gasteiger partial charge on any atom is 0.269 e. The summed E-state index contributed by atoms with van der Waals surface area (Å²) in [5.74, 6) is -0.555. The summed E-state index contributed by atoms with van der Waals surface area (Å²) in [5.41, 5.74) is 0.614. The molecule has 0 aliphatic rings. The monoisotopic (exact) mass is 414 g/mol. The van der Waals surface area contributed by atoms with Crippen molar-refractivity contribution in [3.05, 3.63) is 79.9 Å². The predicted molar refractivity (Wildman–Crippen MR) is 109 cm³/mol. The molecule has 0 aliphatic heterocycles. The van der Waals surface area contributed by atoms with Gasteiger partial charge in [-0.2, -0.15) is 0 Å². The van der Waals surface area contributed by atoms with E-state index >= 15 is 0 Å². The van der Waals surface area contributed by atoms with Crippen molar-refractivity contribution in [1.29, 1.82) is 0 Å². The van der Waals surface area contributed by atoms with E-state index in [1.807, 2.05) is 0 Å². The van der Waals surface area contributed by atoms with Gasteiger partial charge in [-0.25, -0.2) is 0 Å². The smallest absolute Gasteiger partial charge is 0.269 e. The van der Waals surface area contributed by atoms with Gasteiger partial charge in [-0.1, -0.05) is 12.8 Å². The maximum atomic E-state index is 12.0.